The lowest BCUT2D eigenvalue weighted by Crippen LogP contribution is -2.34. The second kappa shape index (κ2) is 3.76. The van der Waals surface area contributed by atoms with Gasteiger partial charge in [0.1, 0.15) is 6.10 Å². The van der Waals surface area contributed by atoms with E-state index in [1.165, 1.54) is 0 Å². The van der Waals surface area contributed by atoms with Gasteiger partial charge in [0.25, 0.3) is 0 Å². The monoisotopic (exact) mass is 173 g/mol. The van der Waals surface area contributed by atoms with E-state index in [9.17, 15) is 4.79 Å². The molecule has 0 unspecified atom stereocenters. The van der Waals surface area contributed by atoms with Gasteiger partial charge in [-0.05, 0) is 12.3 Å². The lowest BCUT2D eigenvalue weighted by molar-refractivity contribution is 0.0796. The molecule has 1 amide bonds. The number of ether oxygens (including phenoxy) is 1. The van der Waals surface area contributed by atoms with Gasteiger partial charge in [0, 0.05) is 0 Å². The fraction of sp³-hybridized carbons (Fsp3) is 0.875. The first-order valence-corrected chi connectivity index (χ1v) is 4.21. The molecule has 0 saturated carbocycles. The van der Waals surface area contributed by atoms with E-state index in [1.54, 1.807) is 0 Å². The summed E-state index contributed by atoms with van der Waals surface area (Å²) in [5, 5.41) is 11.5. The molecule has 12 heavy (non-hydrogen) atoms. The van der Waals surface area contributed by atoms with Crippen LogP contribution in [0.15, 0.2) is 0 Å². The molecule has 70 valence electrons. The number of hydrogen-bond acceptors (Lipinski definition) is 3. The number of rotatable bonds is 3. The zero-order chi connectivity index (χ0) is 9.14. The van der Waals surface area contributed by atoms with Crippen molar-refractivity contribution in [3.05, 3.63) is 0 Å². The van der Waals surface area contributed by atoms with Crippen molar-refractivity contribution in [3.8, 4) is 0 Å². The molecule has 2 atom stereocenters. The zero-order valence-electron chi connectivity index (χ0n) is 7.41. The summed E-state index contributed by atoms with van der Waals surface area (Å²) in [6.07, 6.45) is 0.0661. The van der Waals surface area contributed by atoms with Crippen molar-refractivity contribution >= 4 is 6.09 Å². The molecule has 4 heteroatoms. The maximum absolute atomic E-state index is 10.8. The molecular weight excluding hydrogens is 158 g/mol. The quantitative estimate of drug-likeness (QED) is 0.653. The Morgan fingerprint density at radius 2 is 2.33 bits per heavy atom. The van der Waals surface area contributed by atoms with Gasteiger partial charge in [0.2, 0.25) is 0 Å². The van der Waals surface area contributed by atoms with Crippen molar-refractivity contribution in [2.24, 2.45) is 5.92 Å². The number of carbonyl (C=O) groups is 1. The first kappa shape index (κ1) is 9.32. The van der Waals surface area contributed by atoms with Crippen LogP contribution in [0.1, 0.15) is 20.3 Å². The van der Waals surface area contributed by atoms with Crippen LogP contribution in [0, 0.1) is 5.92 Å². The Morgan fingerprint density at radius 1 is 1.67 bits per heavy atom. The van der Waals surface area contributed by atoms with Gasteiger partial charge in [-0.2, -0.15) is 0 Å². The maximum Gasteiger partial charge on any atom is 0.407 e. The number of cyclic esters (lactones) is 1. The van der Waals surface area contributed by atoms with Crippen molar-refractivity contribution in [2.45, 2.75) is 32.4 Å². The van der Waals surface area contributed by atoms with Crippen LogP contribution in [0.2, 0.25) is 0 Å². The van der Waals surface area contributed by atoms with Crippen LogP contribution in [-0.2, 0) is 4.74 Å². The molecule has 4 nitrogen and oxygen atoms in total. The average Bonchev–Trinajstić information content (AvgIpc) is 2.29. The molecule has 0 aromatic heterocycles. The predicted molar refractivity (Wildman–Crippen MR) is 43.7 cm³/mol. The highest BCUT2D eigenvalue weighted by molar-refractivity contribution is 5.70. The van der Waals surface area contributed by atoms with Crippen molar-refractivity contribution in [3.63, 3.8) is 0 Å². The van der Waals surface area contributed by atoms with Crippen LogP contribution in [-0.4, -0.2) is 30.0 Å². The normalized spacial score (nSPS) is 28.8. The Kier molecular flexibility index (Phi) is 2.92. The van der Waals surface area contributed by atoms with Crippen LogP contribution < -0.4 is 5.32 Å². The summed E-state index contributed by atoms with van der Waals surface area (Å²) < 4.78 is 4.82. The number of hydrogen-bond donors (Lipinski definition) is 2. The molecule has 1 fully saturated rings. The van der Waals surface area contributed by atoms with Crippen LogP contribution in [0.25, 0.3) is 0 Å². The fourth-order valence-electron chi connectivity index (χ4n) is 1.38. The van der Waals surface area contributed by atoms with Crippen LogP contribution in [0.3, 0.4) is 0 Å². The Morgan fingerprint density at radius 3 is 2.83 bits per heavy atom. The molecular formula is C8H15NO3. The van der Waals surface area contributed by atoms with Crippen molar-refractivity contribution in [2.75, 3.05) is 6.61 Å². The van der Waals surface area contributed by atoms with E-state index in [1.807, 2.05) is 0 Å². The van der Waals surface area contributed by atoms with Gasteiger partial charge in [-0.1, -0.05) is 13.8 Å². The lowest BCUT2D eigenvalue weighted by atomic mass is 10.0. The topological polar surface area (TPSA) is 58.6 Å². The van der Waals surface area contributed by atoms with Gasteiger partial charge in [-0.15, -0.1) is 0 Å². The standard InChI is InChI=1S/C8H15NO3/c1-5(2)3-6-7(4-10)12-8(11)9-6/h5-7,10H,3-4H2,1-2H3,(H,9,11)/t6-,7-/m0/s1. The van der Waals surface area contributed by atoms with Crippen LogP contribution in [0.4, 0.5) is 4.79 Å². The SMILES string of the molecule is CC(C)C[C@@H]1NC(=O)O[C@H]1CO. The Hall–Kier alpha value is -0.770. The second-order valence-corrected chi connectivity index (χ2v) is 3.51. The van der Waals surface area contributed by atoms with Gasteiger partial charge in [0.05, 0.1) is 12.6 Å². The van der Waals surface area contributed by atoms with Gasteiger partial charge in [-0.3, -0.25) is 0 Å². The lowest BCUT2D eigenvalue weighted by Gasteiger charge is -2.15. The molecule has 1 heterocycles. The highest BCUT2D eigenvalue weighted by Gasteiger charge is 2.33. The summed E-state index contributed by atoms with van der Waals surface area (Å²) in [6, 6.07) is -0.0255. The number of amides is 1. The number of carbonyl (C=O) groups excluding carboxylic acids is 1. The van der Waals surface area contributed by atoms with E-state index in [-0.39, 0.29) is 18.8 Å². The molecule has 0 bridgehead atoms. The third kappa shape index (κ3) is 2.11. The summed E-state index contributed by atoms with van der Waals surface area (Å²) in [7, 11) is 0. The van der Waals surface area contributed by atoms with Crippen LogP contribution >= 0.6 is 0 Å². The zero-order valence-corrected chi connectivity index (χ0v) is 7.41. The van der Waals surface area contributed by atoms with E-state index < -0.39 is 6.09 Å². The van der Waals surface area contributed by atoms with Gasteiger partial charge in [-0.25, -0.2) is 4.79 Å². The van der Waals surface area contributed by atoms with E-state index in [4.69, 9.17) is 9.84 Å². The number of nitrogens with one attached hydrogen (secondary N) is 1. The van der Waals surface area contributed by atoms with E-state index in [2.05, 4.69) is 19.2 Å². The minimum absolute atomic E-state index is 0.0255. The summed E-state index contributed by atoms with van der Waals surface area (Å²) >= 11 is 0. The molecule has 1 aliphatic rings. The highest BCUT2D eigenvalue weighted by Crippen LogP contribution is 2.15. The summed E-state index contributed by atoms with van der Waals surface area (Å²) in [4.78, 5) is 10.8. The number of aliphatic hydroxyl groups is 1. The molecule has 2 N–H and O–H groups in total. The van der Waals surface area contributed by atoms with Gasteiger partial charge < -0.3 is 15.2 Å². The number of aliphatic hydroxyl groups excluding tert-OH is 1. The molecule has 0 aromatic carbocycles. The molecule has 1 aliphatic heterocycles. The predicted octanol–water partition coefficient (Wildman–Crippen LogP) is 0.502. The largest absolute Gasteiger partial charge is 0.442 e. The fourth-order valence-corrected chi connectivity index (χ4v) is 1.38. The average molecular weight is 173 g/mol. The van der Waals surface area contributed by atoms with Gasteiger partial charge >= 0.3 is 6.09 Å². The van der Waals surface area contributed by atoms with E-state index >= 15 is 0 Å². The first-order valence-electron chi connectivity index (χ1n) is 4.21. The highest BCUT2D eigenvalue weighted by atomic mass is 16.6. The Balaban J connectivity index is 2.46. The summed E-state index contributed by atoms with van der Waals surface area (Å²) in [6.45, 7) is 4.04. The molecule has 0 aromatic rings. The second-order valence-electron chi connectivity index (χ2n) is 3.51. The number of alkyl carbamates (subject to hydrolysis) is 1. The maximum atomic E-state index is 10.8. The van der Waals surface area contributed by atoms with Gasteiger partial charge in [0.15, 0.2) is 0 Å². The smallest absolute Gasteiger partial charge is 0.407 e. The Labute approximate surface area is 71.9 Å². The first-order chi connectivity index (χ1) is 5.63. The van der Waals surface area contributed by atoms with Crippen molar-refractivity contribution in [1.29, 1.82) is 0 Å². The van der Waals surface area contributed by atoms with Crippen molar-refractivity contribution < 1.29 is 14.6 Å². The third-order valence-corrected chi connectivity index (χ3v) is 1.92. The summed E-state index contributed by atoms with van der Waals surface area (Å²) in [5.74, 6) is 0.492. The van der Waals surface area contributed by atoms with E-state index in [0.29, 0.717) is 5.92 Å². The van der Waals surface area contributed by atoms with E-state index in [0.717, 1.165) is 6.42 Å². The van der Waals surface area contributed by atoms with Crippen LogP contribution in [0.5, 0.6) is 0 Å². The molecule has 0 aliphatic carbocycles. The minimum atomic E-state index is -0.417. The molecule has 0 radical (unpaired) electrons. The molecule has 1 saturated heterocycles. The molecule has 1 rings (SSSR count). The molecule has 0 spiro atoms. The minimum Gasteiger partial charge on any atom is -0.442 e. The van der Waals surface area contributed by atoms with Crippen molar-refractivity contribution in [1.82, 2.24) is 5.32 Å². The Bertz CT molecular complexity index is 170. The summed E-state index contributed by atoms with van der Waals surface area (Å²) in [5.41, 5.74) is 0. The third-order valence-electron chi connectivity index (χ3n) is 1.92.